The lowest BCUT2D eigenvalue weighted by Gasteiger charge is -2.03. The minimum atomic E-state index is -0.413. The standard InChI is InChI=1S/C18H11NO2/c20-18-17(12-6-2-1-3-7-12)19-15-10-13-8-4-5-9-14(13)11-16(15)21-18/h1-11H. The van der Waals surface area contributed by atoms with Crippen LogP contribution in [0.2, 0.25) is 0 Å². The second-order valence-electron chi connectivity index (χ2n) is 4.88. The Bertz CT molecular complexity index is 1000. The van der Waals surface area contributed by atoms with Crippen molar-refractivity contribution in [2.24, 2.45) is 0 Å². The summed E-state index contributed by atoms with van der Waals surface area (Å²) in [6.07, 6.45) is 0. The summed E-state index contributed by atoms with van der Waals surface area (Å²) in [7, 11) is 0. The molecule has 3 aromatic carbocycles. The lowest BCUT2D eigenvalue weighted by Crippen LogP contribution is -2.05. The summed E-state index contributed by atoms with van der Waals surface area (Å²) < 4.78 is 5.44. The van der Waals surface area contributed by atoms with Crippen LogP contribution in [0.5, 0.6) is 0 Å². The van der Waals surface area contributed by atoms with E-state index in [9.17, 15) is 4.79 Å². The van der Waals surface area contributed by atoms with Gasteiger partial charge in [-0.25, -0.2) is 9.78 Å². The van der Waals surface area contributed by atoms with Crippen LogP contribution in [0, 0.1) is 0 Å². The van der Waals surface area contributed by atoms with Gasteiger partial charge in [0.25, 0.3) is 0 Å². The lowest BCUT2D eigenvalue weighted by molar-refractivity contribution is 0.558. The van der Waals surface area contributed by atoms with Crippen molar-refractivity contribution in [3.8, 4) is 11.3 Å². The topological polar surface area (TPSA) is 43.1 Å². The summed E-state index contributed by atoms with van der Waals surface area (Å²) in [5.41, 5.74) is 1.90. The Hall–Kier alpha value is -2.94. The predicted molar refractivity (Wildman–Crippen MR) is 83.2 cm³/mol. The molecular formula is C18H11NO2. The van der Waals surface area contributed by atoms with E-state index >= 15 is 0 Å². The Balaban J connectivity index is 2.05. The average molecular weight is 273 g/mol. The molecule has 0 atom stereocenters. The highest BCUT2D eigenvalue weighted by Gasteiger charge is 2.10. The lowest BCUT2D eigenvalue weighted by atomic mass is 10.1. The zero-order chi connectivity index (χ0) is 14.2. The van der Waals surface area contributed by atoms with Crippen molar-refractivity contribution < 1.29 is 4.42 Å². The van der Waals surface area contributed by atoms with Crippen molar-refractivity contribution in [2.45, 2.75) is 0 Å². The molecule has 0 saturated heterocycles. The van der Waals surface area contributed by atoms with E-state index in [2.05, 4.69) is 4.98 Å². The Morgan fingerprint density at radius 2 is 1.48 bits per heavy atom. The maximum absolute atomic E-state index is 12.1. The molecule has 0 aliphatic carbocycles. The van der Waals surface area contributed by atoms with E-state index < -0.39 is 5.63 Å². The molecule has 21 heavy (non-hydrogen) atoms. The molecule has 4 aromatic rings. The van der Waals surface area contributed by atoms with Gasteiger partial charge in [0, 0.05) is 5.56 Å². The van der Waals surface area contributed by atoms with E-state index in [1.807, 2.05) is 66.7 Å². The molecule has 100 valence electrons. The van der Waals surface area contributed by atoms with Crippen molar-refractivity contribution in [1.29, 1.82) is 0 Å². The first-order chi connectivity index (χ1) is 10.3. The minimum absolute atomic E-state index is 0.346. The largest absolute Gasteiger partial charge is 0.419 e. The second kappa shape index (κ2) is 4.56. The summed E-state index contributed by atoms with van der Waals surface area (Å²) in [5.74, 6) is 0. The van der Waals surface area contributed by atoms with E-state index in [4.69, 9.17) is 4.42 Å². The Morgan fingerprint density at radius 3 is 2.24 bits per heavy atom. The number of aromatic nitrogens is 1. The van der Waals surface area contributed by atoms with Crippen LogP contribution in [0.4, 0.5) is 0 Å². The highest BCUT2D eigenvalue weighted by molar-refractivity contribution is 5.94. The summed E-state index contributed by atoms with van der Waals surface area (Å²) in [6.45, 7) is 0. The molecular weight excluding hydrogens is 262 g/mol. The Morgan fingerprint density at radius 1 is 0.810 bits per heavy atom. The smallest absolute Gasteiger partial charge is 0.363 e. The molecule has 0 unspecified atom stereocenters. The minimum Gasteiger partial charge on any atom is -0.419 e. The van der Waals surface area contributed by atoms with Gasteiger partial charge in [-0.3, -0.25) is 0 Å². The molecule has 1 heterocycles. The summed E-state index contributed by atoms with van der Waals surface area (Å²) in [6, 6.07) is 21.1. The van der Waals surface area contributed by atoms with Crippen molar-refractivity contribution in [3.63, 3.8) is 0 Å². The SMILES string of the molecule is O=c1oc2cc3ccccc3cc2nc1-c1ccccc1. The fourth-order valence-corrected chi connectivity index (χ4v) is 2.47. The number of hydrogen-bond donors (Lipinski definition) is 0. The van der Waals surface area contributed by atoms with Gasteiger partial charge in [-0.2, -0.15) is 0 Å². The van der Waals surface area contributed by atoms with Gasteiger partial charge >= 0.3 is 5.63 Å². The zero-order valence-corrected chi connectivity index (χ0v) is 11.1. The fourth-order valence-electron chi connectivity index (χ4n) is 2.47. The maximum atomic E-state index is 12.1. The van der Waals surface area contributed by atoms with Crippen LogP contribution in [0.15, 0.2) is 75.9 Å². The summed E-state index contributed by atoms with van der Waals surface area (Å²) in [4.78, 5) is 16.6. The average Bonchev–Trinajstić information content (AvgIpc) is 2.53. The second-order valence-corrected chi connectivity index (χ2v) is 4.88. The van der Waals surface area contributed by atoms with Crippen molar-refractivity contribution >= 4 is 21.9 Å². The van der Waals surface area contributed by atoms with E-state index in [1.54, 1.807) is 0 Å². The number of benzene rings is 3. The molecule has 1 aromatic heterocycles. The van der Waals surface area contributed by atoms with Gasteiger partial charge in [-0.1, -0.05) is 54.6 Å². The van der Waals surface area contributed by atoms with Gasteiger partial charge in [0.05, 0.1) is 0 Å². The number of fused-ring (bicyclic) bond motifs is 2. The summed E-state index contributed by atoms with van der Waals surface area (Å²) in [5, 5.41) is 2.10. The van der Waals surface area contributed by atoms with Crippen LogP contribution in [0.25, 0.3) is 33.1 Å². The third kappa shape index (κ3) is 1.99. The Labute approximate surface area is 120 Å². The predicted octanol–water partition coefficient (Wildman–Crippen LogP) is 4.01. The van der Waals surface area contributed by atoms with Crippen molar-refractivity contribution in [3.05, 3.63) is 77.2 Å². The first-order valence-corrected chi connectivity index (χ1v) is 6.70. The van der Waals surface area contributed by atoms with Crippen molar-refractivity contribution in [1.82, 2.24) is 4.98 Å². The highest BCUT2D eigenvalue weighted by atomic mass is 16.4. The first-order valence-electron chi connectivity index (χ1n) is 6.70. The van der Waals surface area contributed by atoms with E-state index in [-0.39, 0.29) is 0 Å². The molecule has 4 rings (SSSR count). The molecule has 3 heteroatoms. The van der Waals surface area contributed by atoms with Gasteiger partial charge in [-0.05, 0) is 22.9 Å². The molecule has 0 fully saturated rings. The van der Waals surface area contributed by atoms with Crippen LogP contribution in [0.3, 0.4) is 0 Å². The molecule has 0 spiro atoms. The quantitative estimate of drug-likeness (QED) is 0.492. The number of hydrogen-bond acceptors (Lipinski definition) is 3. The highest BCUT2D eigenvalue weighted by Crippen LogP contribution is 2.22. The third-order valence-corrected chi connectivity index (χ3v) is 3.50. The monoisotopic (exact) mass is 273 g/mol. The van der Waals surface area contributed by atoms with E-state index in [1.165, 1.54) is 0 Å². The van der Waals surface area contributed by atoms with Crippen LogP contribution in [-0.4, -0.2) is 4.98 Å². The van der Waals surface area contributed by atoms with Gasteiger partial charge in [-0.15, -0.1) is 0 Å². The van der Waals surface area contributed by atoms with Gasteiger partial charge in [0.2, 0.25) is 0 Å². The van der Waals surface area contributed by atoms with Gasteiger partial charge in [0.1, 0.15) is 5.52 Å². The Kier molecular flexibility index (Phi) is 2.57. The normalized spacial score (nSPS) is 11.0. The van der Waals surface area contributed by atoms with Gasteiger partial charge < -0.3 is 4.42 Å². The molecule has 0 radical (unpaired) electrons. The first kappa shape index (κ1) is 11.9. The van der Waals surface area contributed by atoms with Gasteiger partial charge in [0.15, 0.2) is 11.3 Å². The number of rotatable bonds is 1. The molecule has 0 aliphatic rings. The molecule has 0 bridgehead atoms. The fraction of sp³-hybridized carbons (Fsp3) is 0. The van der Waals surface area contributed by atoms with E-state index in [0.717, 1.165) is 16.3 Å². The molecule has 0 saturated carbocycles. The molecule has 3 nitrogen and oxygen atoms in total. The third-order valence-electron chi connectivity index (χ3n) is 3.50. The summed E-state index contributed by atoms with van der Waals surface area (Å²) >= 11 is 0. The van der Waals surface area contributed by atoms with Crippen LogP contribution < -0.4 is 5.63 Å². The molecule has 0 amide bonds. The zero-order valence-electron chi connectivity index (χ0n) is 11.1. The number of nitrogens with zero attached hydrogens (tertiary/aromatic N) is 1. The van der Waals surface area contributed by atoms with Crippen LogP contribution in [0.1, 0.15) is 0 Å². The molecule has 0 aliphatic heterocycles. The van der Waals surface area contributed by atoms with E-state index in [0.29, 0.717) is 16.8 Å². The molecule has 0 N–H and O–H groups in total. The van der Waals surface area contributed by atoms with Crippen LogP contribution in [-0.2, 0) is 0 Å². The van der Waals surface area contributed by atoms with Crippen molar-refractivity contribution in [2.75, 3.05) is 0 Å². The maximum Gasteiger partial charge on any atom is 0.363 e. The van der Waals surface area contributed by atoms with Crippen LogP contribution >= 0.6 is 0 Å².